The molecule has 158 valence electrons. The van der Waals surface area contributed by atoms with Gasteiger partial charge in [0.1, 0.15) is 11.5 Å². The third kappa shape index (κ3) is 5.17. The third-order valence-electron chi connectivity index (χ3n) is 4.65. The van der Waals surface area contributed by atoms with Crippen LogP contribution in [-0.4, -0.2) is 29.9 Å². The fraction of sp³-hybridized carbons (Fsp3) is 0.348. The monoisotopic (exact) mass is 410 g/mol. The average Bonchev–Trinajstić information content (AvgIpc) is 3.22. The number of aromatic nitrogens is 2. The largest absolute Gasteiger partial charge is 0.497 e. The number of nitrogens with zero attached hydrogens (tertiary/aromatic N) is 2. The Balaban J connectivity index is 1.55. The van der Waals surface area contributed by atoms with Crippen LogP contribution in [0.3, 0.4) is 0 Å². The molecule has 0 aliphatic rings. The number of methoxy groups -OCH3 is 1. The van der Waals surface area contributed by atoms with Gasteiger partial charge in [0, 0.05) is 5.56 Å². The summed E-state index contributed by atoms with van der Waals surface area (Å²) < 4.78 is 21.7. The Kier molecular flexibility index (Phi) is 6.72. The van der Waals surface area contributed by atoms with Crippen molar-refractivity contribution in [3.8, 4) is 23.0 Å². The summed E-state index contributed by atoms with van der Waals surface area (Å²) >= 11 is 0. The summed E-state index contributed by atoms with van der Waals surface area (Å²) in [5.41, 5.74) is 3.13. The van der Waals surface area contributed by atoms with Gasteiger partial charge in [-0.2, -0.15) is 0 Å². The molecule has 0 unspecified atom stereocenters. The van der Waals surface area contributed by atoms with E-state index in [9.17, 15) is 4.79 Å². The predicted molar refractivity (Wildman–Crippen MR) is 112 cm³/mol. The van der Waals surface area contributed by atoms with Crippen LogP contribution in [0.25, 0.3) is 11.5 Å². The van der Waals surface area contributed by atoms with Crippen molar-refractivity contribution < 1.29 is 23.4 Å². The Morgan fingerprint density at radius 3 is 2.37 bits per heavy atom. The number of benzene rings is 2. The first kappa shape index (κ1) is 21.4. The smallest absolute Gasteiger partial charge is 0.344 e. The van der Waals surface area contributed by atoms with E-state index < -0.39 is 12.1 Å². The van der Waals surface area contributed by atoms with Crippen LogP contribution in [0.1, 0.15) is 49.8 Å². The molecule has 0 bridgehead atoms. The Morgan fingerprint density at radius 1 is 1.03 bits per heavy atom. The van der Waals surface area contributed by atoms with E-state index in [4.69, 9.17) is 18.6 Å². The van der Waals surface area contributed by atoms with Crippen molar-refractivity contribution in [2.24, 2.45) is 0 Å². The van der Waals surface area contributed by atoms with Gasteiger partial charge in [-0.1, -0.05) is 19.9 Å². The van der Waals surface area contributed by atoms with Gasteiger partial charge in [0.15, 0.2) is 12.7 Å². The summed E-state index contributed by atoms with van der Waals surface area (Å²) in [5.74, 6) is 1.83. The van der Waals surface area contributed by atoms with Crippen LogP contribution in [0, 0.1) is 6.92 Å². The zero-order valence-corrected chi connectivity index (χ0v) is 17.8. The maximum atomic E-state index is 12.2. The molecule has 0 saturated carbocycles. The van der Waals surface area contributed by atoms with Crippen molar-refractivity contribution in [3.63, 3.8) is 0 Å². The van der Waals surface area contributed by atoms with Crippen LogP contribution in [0.15, 0.2) is 46.9 Å². The lowest BCUT2D eigenvalue weighted by Crippen LogP contribution is -2.17. The zero-order chi connectivity index (χ0) is 21.7. The standard InChI is InChI=1S/C23H26N2O5/c1-14(2)20-11-10-19(12-15(20)3)28-13-21(26)29-16(4)22-24-25-23(30-22)17-6-8-18(27-5)9-7-17/h6-12,14,16H,13H2,1-5H3/t16-/m0/s1. The highest BCUT2D eigenvalue weighted by Gasteiger charge is 2.19. The van der Waals surface area contributed by atoms with Crippen molar-refractivity contribution in [1.82, 2.24) is 10.2 Å². The van der Waals surface area contributed by atoms with Gasteiger partial charge in [-0.05, 0) is 67.3 Å². The van der Waals surface area contributed by atoms with Gasteiger partial charge in [-0.15, -0.1) is 10.2 Å². The van der Waals surface area contributed by atoms with Gasteiger partial charge in [0.2, 0.25) is 5.89 Å². The second kappa shape index (κ2) is 9.43. The number of hydrogen-bond donors (Lipinski definition) is 0. The number of esters is 1. The summed E-state index contributed by atoms with van der Waals surface area (Å²) in [6.45, 7) is 7.77. The van der Waals surface area contributed by atoms with Crippen molar-refractivity contribution in [1.29, 1.82) is 0 Å². The van der Waals surface area contributed by atoms with Crippen LogP contribution >= 0.6 is 0 Å². The van der Waals surface area contributed by atoms with Gasteiger partial charge in [-0.25, -0.2) is 4.79 Å². The number of rotatable bonds is 8. The minimum absolute atomic E-state index is 0.204. The van der Waals surface area contributed by atoms with Gasteiger partial charge in [0.25, 0.3) is 5.89 Å². The van der Waals surface area contributed by atoms with Crippen molar-refractivity contribution in [2.75, 3.05) is 13.7 Å². The molecule has 0 radical (unpaired) electrons. The van der Waals surface area contributed by atoms with E-state index in [-0.39, 0.29) is 12.5 Å². The highest BCUT2D eigenvalue weighted by molar-refractivity contribution is 5.71. The molecule has 0 N–H and O–H groups in total. The summed E-state index contributed by atoms with van der Waals surface area (Å²) in [6.07, 6.45) is -0.689. The Hall–Kier alpha value is -3.35. The lowest BCUT2D eigenvalue weighted by molar-refractivity contribution is -0.152. The molecule has 0 spiro atoms. The van der Waals surface area contributed by atoms with E-state index in [1.807, 2.05) is 37.3 Å². The Bertz CT molecular complexity index is 995. The SMILES string of the molecule is COc1ccc(-c2nnc([C@H](C)OC(=O)COc3ccc(C(C)C)c(C)c3)o2)cc1. The molecule has 1 heterocycles. The lowest BCUT2D eigenvalue weighted by atomic mass is 9.98. The number of carbonyl (C=O) groups excluding carboxylic acids is 1. The summed E-state index contributed by atoms with van der Waals surface area (Å²) in [5, 5.41) is 7.99. The zero-order valence-electron chi connectivity index (χ0n) is 17.8. The quantitative estimate of drug-likeness (QED) is 0.490. The minimum atomic E-state index is -0.689. The van der Waals surface area contributed by atoms with E-state index >= 15 is 0 Å². The van der Waals surface area contributed by atoms with E-state index in [0.717, 1.165) is 16.9 Å². The van der Waals surface area contributed by atoms with Gasteiger partial charge < -0.3 is 18.6 Å². The highest BCUT2D eigenvalue weighted by Crippen LogP contribution is 2.25. The molecular formula is C23H26N2O5. The number of aryl methyl sites for hydroxylation is 1. The van der Waals surface area contributed by atoms with Crippen LogP contribution in [0.5, 0.6) is 11.5 Å². The minimum Gasteiger partial charge on any atom is -0.497 e. The fourth-order valence-electron chi connectivity index (χ4n) is 3.06. The molecule has 7 nitrogen and oxygen atoms in total. The molecule has 1 aromatic heterocycles. The molecule has 2 aromatic carbocycles. The molecule has 0 aliphatic heterocycles. The number of hydrogen-bond acceptors (Lipinski definition) is 7. The average molecular weight is 410 g/mol. The van der Waals surface area contributed by atoms with Crippen molar-refractivity contribution >= 4 is 5.97 Å². The Morgan fingerprint density at radius 2 is 1.73 bits per heavy atom. The molecule has 30 heavy (non-hydrogen) atoms. The van der Waals surface area contributed by atoms with E-state index in [2.05, 4.69) is 24.0 Å². The Labute approximate surface area is 176 Å². The number of ether oxygens (including phenoxy) is 3. The topological polar surface area (TPSA) is 83.7 Å². The van der Waals surface area contributed by atoms with Gasteiger partial charge >= 0.3 is 5.97 Å². The van der Waals surface area contributed by atoms with E-state index in [0.29, 0.717) is 17.6 Å². The first-order chi connectivity index (χ1) is 14.4. The van der Waals surface area contributed by atoms with Crippen LogP contribution in [0.4, 0.5) is 0 Å². The van der Waals surface area contributed by atoms with Crippen molar-refractivity contribution in [2.45, 2.75) is 39.7 Å². The fourth-order valence-corrected chi connectivity index (χ4v) is 3.06. The molecule has 0 amide bonds. The molecule has 7 heteroatoms. The molecule has 3 aromatic rings. The molecule has 0 saturated heterocycles. The summed E-state index contributed by atoms with van der Waals surface area (Å²) in [7, 11) is 1.60. The highest BCUT2D eigenvalue weighted by atomic mass is 16.6. The summed E-state index contributed by atoms with van der Waals surface area (Å²) in [4.78, 5) is 12.2. The van der Waals surface area contributed by atoms with Crippen LogP contribution in [-0.2, 0) is 9.53 Å². The van der Waals surface area contributed by atoms with Gasteiger partial charge in [0.05, 0.1) is 7.11 Å². The maximum absolute atomic E-state index is 12.2. The van der Waals surface area contributed by atoms with E-state index in [1.165, 1.54) is 5.56 Å². The number of carbonyl (C=O) groups is 1. The molecular weight excluding hydrogens is 384 g/mol. The van der Waals surface area contributed by atoms with Gasteiger partial charge in [-0.3, -0.25) is 0 Å². The summed E-state index contributed by atoms with van der Waals surface area (Å²) in [6, 6.07) is 13.0. The van der Waals surface area contributed by atoms with Crippen LogP contribution < -0.4 is 9.47 Å². The molecule has 1 atom stereocenters. The molecule has 0 aliphatic carbocycles. The van der Waals surface area contributed by atoms with E-state index in [1.54, 1.807) is 26.2 Å². The normalized spacial score (nSPS) is 11.9. The third-order valence-corrected chi connectivity index (χ3v) is 4.65. The molecule has 0 fully saturated rings. The lowest BCUT2D eigenvalue weighted by Gasteiger charge is -2.13. The molecule has 3 rings (SSSR count). The predicted octanol–water partition coefficient (Wildman–Crippen LogP) is 4.86. The first-order valence-corrected chi connectivity index (χ1v) is 9.78. The van der Waals surface area contributed by atoms with Crippen LogP contribution in [0.2, 0.25) is 0 Å². The second-order valence-electron chi connectivity index (χ2n) is 7.27. The van der Waals surface area contributed by atoms with Crippen molar-refractivity contribution in [3.05, 3.63) is 59.5 Å². The maximum Gasteiger partial charge on any atom is 0.344 e. The first-order valence-electron chi connectivity index (χ1n) is 9.78. The second-order valence-corrected chi connectivity index (χ2v) is 7.27.